The number of hydrogen-bond acceptors (Lipinski definition) is 15. The monoisotopic (exact) mass is 612 g/mol. The highest BCUT2D eigenvalue weighted by atomic mass is 16.8. The van der Waals surface area contributed by atoms with Crippen LogP contribution in [0, 0.1) is 0 Å². The van der Waals surface area contributed by atoms with Gasteiger partial charge in [0.05, 0.1) is 32.6 Å². The van der Waals surface area contributed by atoms with Crippen molar-refractivity contribution in [1.29, 1.82) is 0 Å². The molecule has 43 heavy (non-hydrogen) atoms. The van der Waals surface area contributed by atoms with Crippen molar-refractivity contribution in [3.8, 4) is 5.75 Å². The Balaban J connectivity index is 2.29. The number of anilines is 1. The molecule has 18 heteroatoms. The fraction of sp³-hybridized carbons (Fsp3) is 0.560. The minimum absolute atomic E-state index is 0.0115. The van der Waals surface area contributed by atoms with E-state index < -0.39 is 60.7 Å². The van der Waals surface area contributed by atoms with Crippen molar-refractivity contribution in [1.82, 2.24) is 0 Å². The lowest BCUT2D eigenvalue weighted by Crippen LogP contribution is -2.64. The van der Waals surface area contributed by atoms with Gasteiger partial charge in [-0.25, -0.2) is 9.59 Å². The Morgan fingerprint density at radius 2 is 1.60 bits per heavy atom. The number of nitrogens with zero attached hydrogens (tertiary/aromatic N) is 3. The maximum Gasteiger partial charge on any atom is 0.414 e. The quantitative estimate of drug-likeness (QED) is 0.0747. The number of amides is 1. The Labute approximate surface area is 245 Å². The van der Waals surface area contributed by atoms with Crippen molar-refractivity contribution in [2.75, 3.05) is 38.8 Å². The largest absolute Gasteiger partial charge is 0.489 e. The van der Waals surface area contributed by atoms with Crippen LogP contribution in [0.25, 0.3) is 10.4 Å². The second kappa shape index (κ2) is 17.3. The molecule has 18 nitrogen and oxygen atoms in total. The molecule has 236 valence electrons. The summed E-state index contributed by atoms with van der Waals surface area (Å²) in [5, 5.41) is 15.3. The highest BCUT2D eigenvalue weighted by molar-refractivity contribution is 5.87. The first-order valence-corrected chi connectivity index (χ1v) is 12.7. The third kappa shape index (κ3) is 10.9. The lowest BCUT2D eigenvalue weighted by Gasteiger charge is -2.42. The van der Waals surface area contributed by atoms with Crippen LogP contribution in [0.2, 0.25) is 0 Å². The predicted molar refractivity (Wildman–Crippen MR) is 140 cm³/mol. The number of rotatable bonds is 14. The summed E-state index contributed by atoms with van der Waals surface area (Å²) in [7, 11) is 1.01. The molecule has 2 rings (SSSR count). The topological polar surface area (TPSA) is 240 Å². The predicted octanol–water partition coefficient (Wildman–Crippen LogP) is 1.13. The van der Waals surface area contributed by atoms with Crippen LogP contribution in [0.5, 0.6) is 5.75 Å². The molecule has 0 saturated carbocycles. The van der Waals surface area contributed by atoms with Gasteiger partial charge in [0.2, 0.25) is 12.4 Å². The van der Waals surface area contributed by atoms with Crippen molar-refractivity contribution in [3.63, 3.8) is 0 Å². The zero-order valence-electron chi connectivity index (χ0n) is 23.8. The summed E-state index contributed by atoms with van der Waals surface area (Å²) >= 11 is 0. The van der Waals surface area contributed by atoms with Gasteiger partial charge in [0.15, 0.2) is 18.3 Å². The van der Waals surface area contributed by atoms with Gasteiger partial charge in [0.25, 0.3) is 0 Å². The third-order valence-electron chi connectivity index (χ3n) is 5.41. The second-order valence-corrected chi connectivity index (χ2v) is 8.60. The molecule has 0 radical (unpaired) electrons. The van der Waals surface area contributed by atoms with E-state index in [4.69, 9.17) is 43.4 Å². The Morgan fingerprint density at radius 3 is 2.21 bits per heavy atom. The molecule has 1 aromatic rings. The van der Waals surface area contributed by atoms with Crippen LogP contribution < -0.4 is 10.1 Å². The Bertz CT molecular complexity index is 1200. The lowest BCUT2D eigenvalue weighted by molar-refractivity contribution is -0.287. The van der Waals surface area contributed by atoms with Crippen molar-refractivity contribution >= 4 is 35.7 Å². The van der Waals surface area contributed by atoms with Gasteiger partial charge in [-0.3, -0.25) is 19.7 Å². The number of carbonyl (C=O) groups is 5. The number of ether oxygens (including phenoxy) is 8. The lowest BCUT2D eigenvalue weighted by atomic mass is 9.97. The average Bonchev–Trinajstić information content (AvgIpc) is 2.95. The summed E-state index contributed by atoms with van der Waals surface area (Å²) in [6, 6.07) is 4.35. The highest BCUT2D eigenvalue weighted by Crippen LogP contribution is 2.31. The summed E-state index contributed by atoms with van der Waals surface area (Å²) < 4.78 is 42.1. The van der Waals surface area contributed by atoms with E-state index in [1.165, 1.54) is 18.2 Å². The molecule has 1 heterocycles. The molecule has 2 N–H and O–H groups in total. The molecule has 0 aromatic heterocycles. The van der Waals surface area contributed by atoms with Gasteiger partial charge in [-0.1, -0.05) is 11.2 Å². The normalized spacial score (nSPS) is 20.9. The maximum atomic E-state index is 13.0. The van der Waals surface area contributed by atoms with E-state index in [-0.39, 0.29) is 44.4 Å². The van der Waals surface area contributed by atoms with E-state index in [1.807, 2.05) is 0 Å². The molecular formula is C25H32N4O14. The molecule has 5 atom stereocenters. The highest BCUT2D eigenvalue weighted by Gasteiger charge is 2.56. The van der Waals surface area contributed by atoms with Crippen molar-refractivity contribution in [3.05, 3.63) is 34.2 Å². The van der Waals surface area contributed by atoms with E-state index in [9.17, 15) is 29.1 Å². The van der Waals surface area contributed by atoms with Gasteiger partial charge < -0.3 is 43.0 Å². The van der Waals surface area contributed by atoms with Gasteiger partial charge in [-0.2, -0.15) is 0 Å². The number of nitrogens with one attached hydrogen (secondary N) is 1. The molecule has 1 amide bonds. The summed E-state index contributed by atoms with van der Waals surface area (Å²) in [5.74, 6) is -3.66. The molecular weight excluding hydrogens is 580 g/mol. The van der Waals surface area contributed by atoms with E-state index in [0.29, 0.717) is 5.56 Å². The molecule has 1 aromatic carbocycles. The SMILES string of the molecule is COC(=O)C1OC(OC(=O)Nc2ccc(CO)cc2OCCOCCN=[N+]=[N-])[C@H](OC(C)=O)C(OC(C)=O)[C@@H]1OC(C)=O. The first-order valence-electron chi connectivity index (χ1n) is 12.7. The van der Waals surface area contributed by atoms with E-state index in [0.717, 1.165) is 27.9 Å². The van der Waals surface area contributed by atoms with Crippen LogP contribution in [0.3, 0.4) is 0 Å². The van der Waals surface area contributed by atoms with Gasteiger partial charge in [-0.15, -0.1) is 0 Å². The average molecular weight is 613 g/mol. The molecule has 0 aliphatic carbocycles. The van der Waals surface area contributed by atoms with Gasteiger partial charge >= 0.3 is 30.0 Å². The van der Waals surface area contributed by atoms with E-state index in [2.05, 4.69) is 15.3 Å². The number of aliphatic hydroxyl groups is 1. The molecule has 0 spiro atoms. The van der Waals surface area contributed by atoms with Crippen LogP contribution in [-0.4, -0.2) is 99.3 Å². The first-order chi connectivity index (χ1) is 20.5. The van der Waals surface area contributed by atoms with Crippen LogP contribution in [-0.2, 0) is 58.9 Å². The standard InChI is InChI=1S/C25H32N4O14/c1-13(31)39-19-20(40-14(2)32)22(41-15(3)33)24(42-21(19)23(34)36-4)43-25(35)28-17-6-5-16(12-30)11-18(17)38-10-9-37-8-7-27-29-26/h5-6,11,19-22,24,30H,7-10,12H2,1-4H3,(H,28,35)/t19-,20?,21?,22+,24?/m0/s1. The number of carbonyl (C=O) groups excluding carboxylic acids is 5. The van der Waals surface area contributed by atoms with E-state index in [1.54, 1.807) is 0 Å². The van der Waals surface area contributed by atoms with E-state index >= 15 is 0 Å². The fourth-order valence-corrected chi connectivity index (χ4v) is 3.77. The van der Waals surface area contributed by atoms with Crippen molar-refractivity contribution in [2.24, 2.45) is 5.11 Å². The first kappa shape index (κ1) is 34.6. The molecule has 1 fully saturated rings. The summed E-state index contributed by atoms with van der Waals surface area (Å²) in [6.45, 7) is 3.12. The third-order valence-corrected chi connectivity index (χ3v) is 5.41. The summed E-state index contributed by atoms with van der Waals surface area (Å²) in [6.07, 6.45) is -9.79. The zero-order valence-corrected chi connectivity index (χ0v) is 23.8. The van der Waals surface area contributed by atoms with Crippen LogP contribution in [0.4, 0.5) is 10.5 Å². The number of azide groups is 1. The summed E-state index contributed by atoms with van der Waals surface area (Å²) in [4.78, 5) is 63.8. The van der Waals surface area contributed by atoms with Crippen LogP contribution in [0.15, 0.2) is 23.3 Å². The fourth-order valence-electron chi connectivity index (χ4n) is 3.77. The minimum Gasteiger partial charge on any atom is -0.489 e. The summed E-state index contributed by atoms with van der Waals surface area (Å²) in [5.41, 5.74) is 8.82. The number of aliphatic hydroxyl groups excluding tert-OH is 1. The van der Waals surface area contributed by atoms with Crippen molar-refractivity contribution in [2.45, 2.75) is 58.1 Å². The maximum absolute atomic E-state index is 13.0. The number of hydrogen-bond donors (Lipinski definition) is 2. The Hall–Kier alpha value is -4.64. The molecule has 1 saturated heterocycles. The minimum atomic E-state index is -1.87. The Morgan fingerprint density at radius 1 is 0.953 bits per heavy atom. The number of esters is 4. The Kier molecular flexibility index (Phi) is 13.9. The second-order valence-electron chi connectivity index (χ2n) is 8.60. The van der Waals surface area contributed by atoms with Gasteiger partial charge in [-0.05, 0) is 23.2 Å². The molecule has 0 bridgehead atoms. The molecule has 1 aliphatic rings. The van der Waals surface area contributed by atoms with Crippen LogP contribution >= 0.6 is 0 Å². The van der Waals surface area contributed by atoms with Crippen molar-refractivity contribution < 1.29 is 67.0 Å². The molecule has 1 aliphatic heterocycles. The molecule has 3 unspecified atom stereocenters. The number of benzene rings is 1. The number of methoxy groups -OCH3 is 1. The van der Waals surface area contributed by atoms with Gasteiger partial charge in [0.1, 0.15) is 12.4 Å². The van der Waals surface area contributed by atoms with Gasteiger partial charge in [0, 0.05) is 32.2 Å². The zero-order chi connectivity index (χ0) is 31.9. The smallest absolute Gasteiger partial charge is 0.414 e. The van der Waals surface area contributed by atoms with Crippen LogP contribution in [0.1, 0.15) is 26.3 Å².